The summed E-state index contributed by atoms with van der Waals surface area (Å²) in [6, 6.07) is -0.407. The van der Waals surface area contributed by atoms with Gasteiger partial charge in [-0.15, -0.1) is 0 Å². The molecule has 8 heteroatoms. The lowest BCUT2D eigenvalue weighted by Gasteiger charge is -2.42. The molecule has 0 saturated heterocycles. The second kappa shape index (κ2) is 9.58. The number of methoxy groups -OCH3 is 1. The van der Waals surface area contributed by atoms with Crippen LogP contribution in [0.1, 0.15) is 33.6 Å². The molecule has 1 aliphatic rings. The molecule has 0 radical (unpaired) electrons. The molecule has 0 unspecified atom stereocenters. The van der Waals surface area contributed by atoms with Gasteiger partial charge < -0.3 is 20.5 Å². The van der Waals surface area contributed by atoms with Crippen LogP contribution in [0.15, 0.2) is 0 Å². The van der Waals surface area contributed by atoms with Crippen molar-refractivity contribution >= 4 is 17.8 Å². The lowest BCUT2D eigenvalue weighted by Crippen LogP contribution is -2.59. The third kappa shape index (κ3) is 6.09. The van der Waals surface area contributed by atoms with Gasteiger partial charge in [0, 0.05) is 19.2 Å². The number of nitrogens with zero attached hydrogens (tertiary/aromatic N) is 1. The largest absolute Gasteiger partial charge is 0.480 e. The summed E-state index contributed by atoms with van der Waals surface area (Å²) in [5, 5.41) is 14.5. The van der Waals surface area contributed by atoms with E-state index >= 15 is 0 Å². The molecule has 0 spiro atoms. The Morgan fingerprint density at radius 1 is 1.29 bits per heavy atom. The SMILES string of the molecule is CCN(CC(=O)O)C1CC(NC(=O)[C@@H](NC(=O)COC)C(C)C)C1. The number of hydrogen-bond donors (Lipinski definition) is 3. The minimum atomic E-state index is -0.843. The summed E-state index contributed by atoms with van der Waals surface area (Å²) >= 11 is 0. The van der Waals surface area contributed by atoms with E-state index in [0.717, 1.165) is 12.8 Å². The molecule has 0 aliphatic heterocycles. The summed E-state index contributed by atoms with van der Waals surface area (Å²) in [5.74, 6) is -1.42. The fraction of sp³-hybridized carbons (Fsp3) is 0.812. The van der Waals surface area contributed by atoms with Crippen LogP contribution in [0.2, 0.25) is 0 Å². The third-order valence-electron chi connectivity index (χ3n) is 4.26. The molecule has 1 saturated carbocycles. The van der Waals surface area contributed by atoms with Gasteiger partial charge in [0.25, 0.3) is 0 Å². The number of hydrogen-bond acceptors (Lipinski definition) is 5. The standard InChI is InChI=1S/C16H29N3O5/c1-5-19(8-14(21)22)12-6-11(7-12)17-16(23)15(10(2)3)18-13(20)9-24-4/h10-12,15H,5-9H2,1-4H3,(H,17,23)(H,18,20)(H,21,22)/t11?,12?,15-/m0/s1. The van der Waals surface area contributed by atoms with E-state index in [4.69, 9.17) is 9.84 Å². The number of ether oxygens (including phenoxy) is 1. The van der Waals surface area contributed by atoms with E-state index in [0.29, 0.717) is 6.54 Å². The fourth-order valence-electron chi connectivity index (χ4n) is 2.85. The number of nitrogens with one attached hydrogen (secondary N) is 2. The summed E-state index contributed by atoms with van der Waals surface area (Å²) in [6.07, 6.45) is 1.45. The van der Waals surface area contributed by atoms with Gasteiger partial charge in [0.05, 0.1) is 6.54 Å². The molecule has 0 aromatic heterocycles. The van der Waals surface area contributed by atoms with Crippen LogP contribution in [0, 0.1) is 5.92 Å². The first-order valence-electron chi connectivity index (χ1n) is 8.32. The number of carboxylic acids is 1. The van der Waals surface area contributed by atoms with Gasteiger partial charge in [-0.1, -0.05) is 20.8 Å². The zero-order chi connectivity index (χ0) is 18.3. The van der Waals surface area contributed by atoms with Crippen molar-refractivity contribution < 1.29 is 24.2 Å². The van der Waals surface area contributed by atoms with Gasteiger partial charge in [-0.2, -0.15) is 0 Å². The van der Waals surface area contributed by atoms with Gasteiger partial charge in [-0.05, 0) is 25.3 Å². The average molecular weight is 343 g/mol. The van der Waals surface area contributed by atoms with Gasteiger partial charge in [-0.25, -0.2) is 0 Å². The first-order chi connectivity index (χ1) is 11.3. The van der Waals surface area contributed by atoms with Crippen LogP contribution in [0.4, 0.5) is 0 Å². The summed E-state index contributed by atoms with van der Waals surface area (Å²) in [5.41, 5.74) is 0. The number of aliphatic carboxylic acids is 1. The van der Waals surface area contributed by atoms with Gasteiger partial charge in [0.2, 0.25) is 11.8 Å². The van der Waals surface area contributed by atoms with Crippen molar-refractivity contribution in [3.8, 4) is 0 Å². The second-order valence-electron chi connectivity index (χ2n) is 6.51. The smallest absolute Gasteiger partial charge is 0.317 e. The highest BCUT2D eigenvalue weighted by molar-refractivity contribution is 5.88. The summed E-state index contributed by atoms with van der Waals surface area (Å²) in [6.45, 7) is 6.26. The Labute approximate surface area is 142 Å². The zero-order valence-corrected chi connectivity index (χ0v) is 14.9. The molecule has 0 aromatic carbocycles. The predicted octanol–water partition coefficient (Wildman–Crippen LogP) is -0.173. The fourth-order valence-corrected chi connectivity index (χ4v) is 2.85. The van der Waals surface area contributed by atoms with E-state index in [-0.39, 0.29) is 43.0 Å². The Kier molecular flexibility index (Phi) is 8.14. The first-order valence-corrected chi connectivity index (χ1v) is 8.32. The monoisotopic (exact) mass is 343 g/mol. The van der Waals surface area contributed by atoms with Gasteiger partial charge >= 0.3 is 5.97 Å². The van der Waals surface area contributed by atoms with Crippen LogP contribution in [0.5, 0.6) is 0 Å². The quantitative estimate of drug-likeness (QED) is 0.508. The number of carbonyl (C=O) groups is 3. The Morgan fingerprint density at radius 3 is 2.38 bits per heavy atom. The normalized spacial score (nSPS) is 21.2. The molecule has 8 nitrogen and oxygen atoms in total. The van der Waals surface area contributed by atoms with Crippen molar-refractivity contribution in [1.82, 2.24) is 15.5 Å². The zero-order valence-electron chi connectivity index (χ0n) is 14.9. The molecule has 24 heavy (non-hydrogen) atoms. The Balaban J connectivity index is 2.47. The molecule has 1 fully saturated rings. The highest BCUT2D eigenvalue weighted by atomic mass is 16.5. The molecule has 1 aliphatic carbocycles. The topological polar surface area (TPSA) is 108 Å². The summed E-state index contributed by atoms with van der Waals surface area (Å²) in [4.78, 5) is 36.7. The van der Waals surface area contributed by atoms with E-state index in [2.05, 4.69) is 10.6 Å². The molecule has 1 rings (SSSR count). The molecule has 2 amide bonds. The van der Waals surface area contributed by atoms with Crippen molar-refractivity contribution in [2.75, 3.05) is 26.8 Å². The highest BCUT2D eigenvalue weighted by Gasteiger charge is 2.36. The Morgan fingerprint density at radius 2 is 1.92 bits per heavy atom. The first kappa shape index (κ1) is 20.4. The van der Waals surface area contributed by atoms with E-state index in [1.54, 1.807) is 0 Å². The van der Waals surface area contributed by atoms with Crippen LogP contribution in [0.25, 0.3) is 0 Å². The Hall–Kier alpha value is -1.67. The summed E-state index contributed by atoms with van der Waals surface area (Å²) < 4.78 is 4.76. The maximum Gasteiger partial charge on any atom is 0.317 e. The van der Waals surface area contributed by atoms with Crippen molar-refractivity contribution in [1.29, 1.82) is 0 Å². The van der Waals surface area contributed by atoms with Crippen molar-refractivity contribution in [2.24, 2.45) is 5.92 Å². The molecule has 3 N–H and O–H groups in total. The van der Waals surface area contributed by atoms with Crippen LogP contribution >= 0.6 is 0 Å². The van der Waals surface area contributed by atoms with Crippen molar-refractivity contribution in [3.05, 3.63) is 0 Å². The lowest BCUT2D eigenvalue weighted by molar-refractivity contribution is -0.140. The summed E-state index contributed by atoms with van der Waals surface area (Å²) in [7, 11) is 1.43. The minimum absolute atomic E-state index is 0.0174. The van der Waals surface area contributed by atoms with E-state index < -0.39 is 12.0 Å². The van der Waals surface area contributed by atoms with Gasteiger partial charge in [0.1, 0.15) is 12.6 Å². The molecule has 0 bridgehead atoms. The molecule has 1 atom stereocenters. The van der Waals surface area contributed by atoms with E-state index in [9.17, 15) is 14.4 Å². The molecule has 0 heterocycles. The van der Waals surface area contributed by atoms with E-state index in [1.165, 1.54) is 7.11 Å². The number of rotatable bonds is 10. The lowest BCUT2D eigenvalue weighted by atomic mass is 9.85. The van der Waals surface area contributed by atoms with E-state index in [1.807, 2.05) is 25.7 Å². The maximum absolute atomic E-state index is 12.4. The minimum Gasteiger partial charge on any atom is -0.480 e. The second-order valence-corrected chi connectivity index (χ2v) is 6.51. The van der Waals surface area contributed by atoms with Gasteiger partial charge in [0.15, 0.2) is 0 Å². The van der Waals surface area contributed by atoms with Crippen LogP contribution in [-0.4, -0.2) is 72.7 Å². The average Bonchev–Trinajstić information content (AvgIpc) is 2.45. The maximum atomic E-state index is 12.4. The van der Waals surface area contributed by atoms with Crippen LogP contribution < -0.4 is 10.6 Å². The predicted molar refractivity (Wildman–Crippen MR) is 88.5 cm³/mol. The number of likely N-dealkylation sites (N-methyl/N-ethyl adjacent to an activating group) is 1. The molecule has 0 aromatic rings. The molecular weight excluding hydrogens is 314 g/mol. The number of amides is 2. The highest BCUT2D eigenvalue weighted by Crippen LogP contribution is 2.25. The number of carboxylic acid groups (broad SMARTS) is 1. The van der Waals surface area contributed by atoms with Gasteiger partial charge in [-0.3, -0.25) is 19.3 Å². The Bertz CT molecular complexity index is 449. The molecular formula is C16H29N3O5. The van der Waals surface area contributed by atoms with Crippen molar-refractivity contribution in [2.45, 2.75) is 51.7 Å². The van der Waals surface area contributed by atoms with Crippen molar-refractivity contribution in [3.63, 3.8) is 0 Å². The number of carbonyl (C=O) groups excluding carboxylic acids is 2. The van der Waals surface area contributed by atoms with Crippen LogP contribution in [0.3, 0.4) is 0 Å². The molecule has 138 valence electrons. The third-order valence-corrected chi connectivity index (χ3v) is 4.26. The van der Waals surface area contributed by atoms with Crippen LogP contribution in [-0.2, 0) is 19.1 Å².